The van der Waals surface area contributed by atoms with Gasteiger partial charge < -0.3 is 19.5 Å². The molecule has 0 aliphatic carbocycles. The number of aryl methyl sites for hydroxylation is 1. The summed E-state index contributed by atoms with van der Waals surface area (Å²) >= 11 is 0. The summed E-state index contributed by atoms with van der Waals surface area (Å²) < 4.78 is 12.6. The molecule has 0 radical (unpaired) electrons. The molecular weight excluding hydrogens is 416 g/mol. The van der Waals surface area contributed by atoms with Gasteiger partial charge in [-0.1, -0.05) is 68.4 Å². The molecule has 4 aromatic rings. The van der Waals surface area contributed by atoms with Crippen LogP contribution in [-0.2, 0) is 17.3 Å². The Morgan fingerprint density at radius 1 is 1.03 bits per heavy atom. The number of fused-ring (bicyclic) bond motifs is 1. The molecule has 0 saturated carbocycles. The highest BCUT2D eigenvalue weighted by Crippen LogP contribution is 2.41. The molecule has 6 heteroatoms. The summed E-state index contributed by atoms with van der Waals surface area (Å²) in [5, 5.41) is 0.348. The molecule has 0 spiro atoms. The van der Waals surface area contributed by atoms with E-state index < -0.39 is 11.5 Å². The molecule has 0 saturated heterocycles. The number of pyridine rings is 1. The summed E-state index contributed by atoms with van der Waals surface area (Å²) in [5.41, 5.74) is 9.65. The summed E-state index contributed by atoms with van der Waals surface area (Å²) in [6.45, 7) is 4.16. The van der Waals surface area contributed by atoms with E-state index in [0.717, 1.165) is 29.5 Å². The summed E-state index contributed by atoms with van der Waals surface area (Å²) in [6.07, 6.45) is 3.09. The van der Waals surface area contributed by atoms with Crippen molar-refractivity contribution in [3.05, 3.63) is 82.3 Å². The second kappa shape index (κ2) is 8.71. The number of nitrogens with two attached hydrogens (primary N) is 1. The van der Waals surface area contributed by atoms with Crippen LogP contribution in [0.1, 0.15) is 42.6 Å². The fourth-order valence-corrected chi connectivity index (χ4v) is 4.26. The zero-order chi connectivity index (χ0) is 23.8. The molecule has 0 aliphatic heterocycles. The third-order valence-electron chi connectivity index (χ3n) is 6.46. The average molecular weight is 445 g/mol. The number of hydrogen-bond acceptors (Lipinski definition) is 5. The van der Waals surface area contributed by atoms with Crippen LogP contribution in [0.5, 0.6) is 0 Å². The third-order valence-corrected chi connectivity index (χ3v) is 6.46. The van der Waals surface area contributed by atoms with Gasteiger partial charge in [-0.15, -0.1) is 0 Å². The molecule has 0 atom stereocenters. The number of hydrogen-bond donors (Lipinski definition) is 1. The molecule has 2 heterocycles. The highest BCUT2D eigenvalue weighted by molar-refractivity contribution is 6.09. The zero-order valence-electron chi connectivity index (χ0n) is 19.3. The lowest BCUT2D eigenvalue weighted by Crippen LogP contribution is -2.34. The summed E-state index contributed by atoms with van der Waals surface area (Å²) in [4.78, 5) is 25.7. The molecule has 2 aromatic carbocycles. The van der Waals surface area contributed by atoms with Gasteiger partial charge in [0.15, 0.2) is 5.58 Å². The number of carbonyl (C=O) groups excluding carboxylic acids is 1. The smallest absolute Gasteiger partial charge is 0.343 e. The Bertz CT molecular complexity index is 1360. The van der Waals surface area contributed by atoms with E-state index in [4.69, 9.17) is 14.9 Å². The number of esters is 1. The van der Waals surface area contributed by atoms with E-state index in [1.54, 1.807) is 7.05 Å². The molecule has 0 unspecified atom stereocenters. The standard InChI is InChI=1S/C27H28N2O4/c1-5-27(28,6-2)19-14-12-18(13-15-19)23-21(17-10-8-7-9-11-17)22-24(33-23)20(26(31)32-4)16-29(3)25(22)30/h7-16H,5-6,28H2,1-4H3. The molecule has 0 aliphatic rings. The Morgan fingerprint density at radius 2 is 1.67 bits per heavy atom. The first-order chi connectivity index (χ1) is 15.8. The van der Waals surface area contributed by atoms with Crippen LogP contribution in [0.4, 0.5) is 0 Å². The monoisotopic (exact) mass is 444 g/mol. The van der Waals surface area contributed by atoms with Gasteiger partial charge in [-0.2, -0.15) is 0 Å². The van der Waals surface area contributed by atoms with Gasteiger partial charge in [0.1, 0.15) is 11.3 Å². The van der Waals surface area contributed by atoms with Crippen molar-refractivity contribution in [3.8, 4) is 22.5 Å². The van der Waals surface area contributed by atoms with Crippen LogP contribution in [0.25, 0.3) is 33.4 Å². The Morgan fingerprint density at radius 3 is 2.24 bits per heavy atom. The minimum absolute atomic E-state index is 0.201. The van der Waals surface area contributed by atoms with Crippen molar-refractivity contribution < 1.29 is 13.9 Å². The molecule has 6 nitrogen and oxygen atoms in total. The third kappa shape index (κ3) is 3.76. The van der Waals surface area contributed by atoms with E-state index >= 15 is 0 Å². The Hall–Kier alpha value is -3.64. The van der Waals surface area contributed by atoms with Crippen molar-refractivity contribution in [3.63, 3.8) is 0 Å². The summed E-state index contributed by atoms with van der Waals surface area (Å²) in [5.74, 6) is -0.0449. The summed E-state index contributed by atoms with van der Waals surface area (Å²) in [6, 6.07) is 17.5. The van der Waals surface area contributed by atoms with Gasteiger partial charge in [0, 0.05) is 29.9 Å². The van der Waals surface area contributed by atoms with Gasteiger partial charge in [0.2, 0.25) is 0 Å². The van der Waals surface area contributed by atoms with Crippen molar-refractivity contribution in [2.75, 3.05) is 7.11 Å². The molecule has 2 aromatic heterocycles. The lowest BCUT2D eigenvalue weighted by molar-refractivity contribution is 0.0601. The normalized spacial score (nSPS) is 11.7. The van der Waals surface area contributed by atoms with Crippen molar-refractivity contribution in [2.45, 2.75) is 32.2 Å². The van der Waals surface area contributed by atoms with Crippen LogP contribution < -0.4 is 11.3 Å². The van der Waals surface area contributed by atoms with Crippen LogP contribution in [0.15, 0.2) is 70.0 Å². The first-order valence-electron chi connectivity index (χ1n) is 11.0. The lowest BCUT2D eigenvalue weighted by Gasteiger charge is -2.27. The van der Waals surface area contributed by atoms with Crippen LogP contribution in [-0.4, -0.2) is 17.6 Å². The minimum atomic E-state index is -0.565. The van der Waals surface area contributed by atoms with E-state index in [1.807, 2.05) is 54.6 Å². The average Bonchev–Trinajstić information content (AvgIpc) is 3.26. The maximum Gasteiger partial charge on any atom is 0.343 e. The molecule has 2 N–H and O–H groups in total. The molecule has 0 fully saturated rings. The van der Waals surface area contributed by atoms with Gasteiger partial charge in [-0.3, -0.25) is 4.79 Å². The lowest BCUT2D eigenvalue weighted by atomic mass is 9.85. The number of carbonyl (C=O) groups is 1. The molecule has 170 valence electrons. The van der Waals surface area contributed by atoms with E-state index in [-0.39, 0.29) is 16.7 Å². The van der Waals surface area contributed by atoms with E-state index in [0.29, 0.717) is 16.7 Å². The Labute approximate surface area is 192 Å². The van der Waals surface area contributed by atoms with Gasteiger partial charge in [-0.05, 0) is 24.0 Å². The predicted molar refractivity (Wildman–Crippen MR) is 130 cm³/mol. The predicted octanol–water partition coefficient (Wildman–Crippen LogP) is 5.23. The maximum atomic E-state index is 13.2. The fourth-order valence-electron chi connectivity index (χ4n) is 4.26. The number of aromatic nitrogens is 1. The number of rotatable bonds is 6. The van der Waals surface area contributed by atoms with Crippen molar-refractivity contribution in [1.82, 2.24) is 4.57 Å². The van der Waals surface area contributed by atoms with Gasteiger partial charge >= 0.3 is 5.97 Å². The highest BCUT2D eigenvalue weighted by Gasteiger charge is 2.27. The minimum Gasteiger partial charge on any atom is -0.465 e. The fraction of sp³-hybridized carbons (Fsp3) is 0.259. The number of methoxy groups -OCH3 is 1. The van der Waals surface area contributed by atoms with E-state index in [9.17, 15) is 9.59 Å². The van der Waals surface area contributed by atoms with Crippen molar-refractivity contribution in [2.24, 2.45) is 12.8 Å². The van der Waals surface area contributed by atoms with Crippen molar-refractivity contribution >= 4 is 16.9 Å². The molecule has 0 amide bonds. The largest absolute Gasteiger partial charge is 0.465 e. The molecule has 0 bridgehead atoms. The van der Waals surface area contributed by atoms with Gasteiger partial charge in [0.25, 0.3) is 5.56 Å². The number of furan rings is 1. The maximum absolute atomic E-state index is 13.2. The molecule has 33 heavy (non-hydrogen) atoms. The van der Waals surface area contributed by atoms with E-state index in [1.165, 1.54) is 17.9 Å². The Balaban J connectivity index is 2.04. The number of benzene rings is 2. The summed E-state index contributed by atoms with van der Waals surface area (Å²) in [7, 11) is 2.92. The van der Waals surface area contributed by atoms with Crippen LogP contribution in [0, 0.1) is 0 Å². The topological polar surface area (TPSA) is 87.5 Å². The first kappa shape index (κ1) is 22.6. The first-order valence-corrected chi connectivity index (χ1v) is 11.0. The van der Waals surface area contributed by atoms with E-state index in [2.05, 4.69) is 13.8 Å². The van der Waals surface area contributed by atoms with Crippen LogP contribution in [0.3, 0.4) is 0 Å². The highest BCUT2D eigenvalue weighted by atomic mass is 16.5. The van der Waals surface area contributed by atoms with Crippen LogP contribution >= 0.6 is 0 Å². The number of ether oxygens (including phenoxy) is 1. The quantitative estimate of drug-likeness (QED) is 0.412. The second-order valence-corrected chi connectivity index (χ2v) is 8.27. The molecular formula is C27H28N2O4. The number of nitrogens with zero attached hydrogens (tertiary/aromatic N) is 1. The van der Waals surface area contributed by atoms with Gasteiger partial charge in [-0.25, -0.2) is 4.79 Å². The SMILES string of the molecule is CCC(N)(CC)c1ccc(-c2oc3c(C(=O)OC)cn(C)c(=O)c3c2-c2ccccc2)cc1. The zero-order valence-corrected chi connectivity index (χ0v) is 19.3. The molecule has 4 rings (SSSR count). The Kier molecular flexibility index (Phi) is 5.95. The van der Waals surface area contributed by atoms with Gasteiger partial charge in [0.05, 0.1) is 12.5 Å². The second-order valence-electron chi connectivity index (χ2n) is 8.27. The van der Waals surface area contributed by atoms with Crippen molar-refractivity contribution in [1.29, 1.82) is 0 Å². The van der Waals surface area contributed by atoms with Crippen LogP contribution in [0.2, 0.25) is 0 Å².